The summed E-state index contributed by atoms with van der Waals surface area (Å²) in [7, 11) is 0. The molecule has 0 spiro atoms. The lowest BCUT2D eigenvalue weighted by atomic mass is 10.2. The van der Waals surface area contributed by atoms with Crippen LogP contribution in [-0.4, -0.2) is 11.7 Å². The fourth-order valence-electron chi connectivity index (χ4n) is 1.32. The lowest BCUT2D eigenvalue weighted by Gasteiger charge is -2.02. The maximum atomic E-state index is 8.95. The molecule has 74 valence electrons. The van der Waals surface area contributed by atoms with Gasteiger partial charge in [0, 0.05) is 19.4 Å². The number of rotatable bonds is 2. The van der Waals surface area contributed by atoms with Gasteiger partial charge in [0.2, 0.25) is 0 Å². The highest BCUT2D eigenvalue weighted by atomic mass is 79.9. The molecule has 0 fully saturated rings. The molecule has 0 aliphatic carbocycles. The lowest BCUT2D eigenvalue weighted by molar-refractivity contribution is 0.269. The monoisotopic (exact) mass is 271 g/mol. The molecule has 0 saturated carbocycles. The van der Waals surface area contributed by atoms with Gasteiger partial charge in [0.1, 0.15) is 0 Å². The molecule has 0 amide bonds. The third-order valence-corrected chi connectivity index (χ3v) is 4.01. The quantitative estimate of drug-likeness (QED) is 0.882. The molecule has 0 unspecified atom stereocenters. The zero-order chi connectivity index (χ0) is 10.1. The first-order valence-corrected chi connectivity index (χ1v) is 5.87. The first kappa shape index (κ1) is 10.1. The lowest BCUT2D eigenvalue weighted by Crippen LogP contribution is -2.12. The van der Waals surface area contributed by atoms with Crippen LogP contribution in [0.4, 0.5) is 0 Å². The van der Waals surface area contributed by atoms with E-state index in [1.54, 1.807) is 11.3 Å². The van der Waals surface area contributed by atoms with Crippen LogP contribution in [0.5, 0.6) is 0 Å². The minimum Gasteiger partial charge on any atom is -0.394 e. The number of hydrogen-bond acceptors (Lipinski definition) is 3. The Hall–Kier alpha value is -0.420. The van der Waals surface area contributed by atoms with Crippen molar-refractivity contribution in [3.8, 4) is 0 Å². The van der Waals surface area contributed by atoms with E-state index in [0.717, 1.165) is 14.7 Å². The average Bonchev–Trinajstić information content (AvgIpc) is 2.62. The summed E-state index contributed by atoms with van der Waals surface area (Å²) in [6.45, 7) is -0.00948. The molecule has 0 radical (unpaired) electrons. The number of fused-ring (bicyclic) bond motifs is 1. The molecule has 1 atom stereocenters. The smallest absolute Gasteiger partial charge is 0.0632 e. The van der Waals surface area contributed by atoms with Crippen LogP contribution in [0.1, 0.15) is 10.9 Å². The van der Waals surface area contributed by atoms with Crippen LogP contribution in [0, 0.1) is 0 Å². The van der Waals surface area contributed by atoms with E-state index >= 15 is 0 Å². The van der Waals surface area contributed by atoms with Gasteiger partial charge >= 0.3 is 0 Å². The van der Waals surface area contributed by atoms with Crippen LogP contribution in [0.25, 0.3) is 10.1 Å². The van der Waals surface area contributed by atoms with Crippen molar-refractivity contribution in [3.05, 3.63) is 33.6 Å². The van der Waals surface area contributed by atoms with Crippen molar-refractivity contribution in [2.75, 3.05) is 6.61 Å². The minimum atomic E-state index is -0.265. The zero-order valence-electron chi connectivity index (χ0n) is 7.40. The molecule has 3 N–H and O–H groups in total. The third kappa shape index (κ3) is 1.70. The van der Waals surface area contributed by atoms with Crippen molar-refractivity contribution >= 4 is 37.4 Å². The number of halogens is 1. The van der Waals surface area contributed by atoms with Crippen molar-refractivity contribution in [2.45, 2.75) is 6.04 Å². The van der Waals surface area contributed by atoms with E-state index < -0.39 is 0 Å². The summed E-state index contributed by atoms with van der Waals surface area (Å²) >= 11 is 5.11. The number of nitrogens with two attached hydrogens (primary N) is 1. The van der Waals surface area contributed by atoms with E-state index in [9.17, 15) is 0 Å². The van der Waals surface area contributed by atoms with Crippen molar-refractivity contribution in [3.63, 3.8) is 0 Å². The summed E-state index contributed by atoms with van der Waals surface area (Å²) in [5.74, 6) is 0. The summed E-state index contributed by atoms with van der Waals surface area (Å²) in [5, 5.41) is 10.1. The second-order valence-electron chi connectivity index (χ2n) is 3.09. The Balaban J connectivity index is 2.56. The predicted molar refractivity (Wildman–Crippen MR) is 63.5 cm³/mol. The summed E-state index contributed by atoms with van der Waals surface area (Å²) in [6, 6.07) is 7.82. The van der Waals surface area contributed by atoms with Gasteiger partial charge in [-0.2, -0.15) is 0 Å². The zero-order valence-corrected chi connectivity index (χ0v) is 9.81. The Morgan fingerprint density at radius 2 is 2.29 bits per heavy atom. The van der Waals surface area contributed by atoms with Gasteiger partial charge in [-0.15, -0.1) is 11.3 Å². The molecule has 1 heterocycles. The van der Waals surface area contributed by atoms with Gasteiger partial charge in [-0.25, -0.2) is 0 Å². The number of benzene rings is 1. The second-order valence-corrected chi connectivity index (χ2v) is 5.06. The highest BCUT2D eigenvalue weighted by Gasteiger charge is 2.09. The van der Waals surface area contributed by atoms with E-state index in [1.165, 1.54) is 4.70 Å². The van der Waals surface area contributed by atoms with Gasteiger partial charge in [-0.05, 0) is 18.2 Å². The van der Waals surface area contributed by atoms with Crippen LogP contribution < -0.4 is 5.73 Å². The first-order chi connectivity index (χ1) is 6.72. The minimum absolute atomic E-state index is 0.00948. The Kier molecular flexibility index (Phi) is 2.88. The van der Waals surface area contributed by atoms with Crippen molar-refractivity contribution in [1.82, 2.24) is 0 Å². The Labute approximate surface area is 94.5 Å². The van der Waals surface area contributed by atoms with Crippen molar-refractivity contribution in [2.24, 2.45) is 5.73 Å². The van der Waals surface area contributed by atoms with Crippen LogP contribution in [0.3, 0.4) is 0 Å². The maximum Gasteiger partial charge on any atom is 0.0632 e. The van der Waals surface area contributed by atoms with Gasteiger partial charge in [0.15, 0.2) is 0 Å². The molecule has 1 aromatic carbocycles. The number of aliphatic hydroxyl groups excluding tert-OH is 1. The molecule has 0 bridgehead atoms. The van der Waals surface area contributed by atoms with E-state index in [1.807, 2.05) is 18.2 Å². The Bertz CT molecular complexity index is 454. The van der Waals surface area contributed by atoms with Crippen molar-refractivity contribution < 1.29 is 5.11 Å². The molecule has 14 heavy (non-hydrogen) atoms. The Morgan fingerprint density at radius 3 is 2.93 bits per heavy atom. The third-order valence-electron chi connectivity index (χ3n) is 2.09. The van der Waals surface area contributed by atoms with E-state index in [0.29, 0.717) is 0 Å². The number of thiophene rings is 1. The largest absolute Gasteiger partial charge is 0.394 e. The normalized spacial score (nSPS) is 13.4. The van der Waals surface area contributed by atoms with Crippen LogP contribution in [-0.2, 0) is 0 Å². The molecule has 2 aromatic rings. The van der Waals surface area contributed by atoms with Gasteiger partial charge in [0.25, 0.3) is 0 Å². The fourth-order valence-corrected chi connectivity index (χ4v) is 3.01. The molecule has 0 aliphatic heterocycles. The fraction of sp³-hybridized carbons (Fsp3) is 0.200. The molecular weight excluding hydrogens is 262 g/mol. The van der Waals surface area contributed by atoms with Crippen LogP contribution in [0.15, 0.2) is 28.7 Å². The molecule has 4 heteroatoms. The number of aliphatic hydroxyl groups is 1. The molecule has 2 rings (SSSR count). The average molecular weight is 272 g/mol. The first-order valence-electron chi connectivity index (χ1n) is 4.27. The summed E-state index contributed by atoms with van der Waals surface area (Å²) in [4.78, 5) is 1.02. The van der Waals surface area contributed by atoms with Crippen LogP contribution in [0.2, 0.25) is 0 Å². The highest BCUT2D eigenvalue weighted by molar-refractivity contribution is 9.10. The summed E-state index contributed by atoms with van der Waals surface area (Å²) < 4.78 is 2.26. The molecular formula is C10H10BrNOS. The second kappa shape index (κ2) is 3.98. The maximum absolute atomic E-state index is 8.95. The molecule has 2 nitrogen and oxygen atoms in total. The Morgan fingerprint density at radius 1 is 1.50 bits per heavy atom. The van der Waals surface area contributed by atoms with Gasteiger partial charge < -0.3 is 10.8 Å². The topological polar surface area (TPSA) is 46.2 Å². The van der Waals surface area contributed by atoms with Gasteiger partial charge in [0.05, 0.1) is 12.6 Å². The van der Waals surface area contributed by atoms with E-state index in [2.05, 4.69) is 22.0 Å². The van der Waals surface area contributed by atoms with Crippen LogP contribution >= 0.6 is 27.3 Å². The van der Waals surface area contributed by atoms with Gasteiger partial charge in [-0.1, -0.05) is 22.0 Å². The summed E-state index contributed by atoms with van der Waals surface area (Å²) in [5.41, 5.74) is 5.75. The predicted octanol–water partition coefficient (Wildman–Crippen LogP) is 2.66. The highest BCUT2D eigenvalue weighted by Crippen LogP contribution is 2.33. The number of hydrogen-bond donors (Lipinski definition) is 2. The molecule has 0 saturated heterocycles. The molecule has 0 aliphatic rings. The standard InChI is InChI=1S/C10H10BrNOS/c11-7-2-1-3-9-6(7)4-10(14-9)8(12)5-13/h1-4,8,13H,5,12H2/t8-/m0/s1. The van der Waals surface area contributed by atoms with E-state index in [4.69, 9.17) is 10.8 Å². The summed E-state index contributed by atoms with van der Waals surface area (Å²) in [6.07, 6.45) is 0. The van der Waals surface area contributed by atoms with Gasteiger partial charge in [-0.3, -0.25) is 0 Å². The SMILES string of the molecule is N[C@@H](CO)c1cc2c(Br)cccc2s1. The van der Waals surface area contributed by atoms with Crippen molar-refractivity contribution in [1.29, 1.82) is 0 Å². The molecule has 1 aromatic heterocycles. The van der Waals surface area contributed by atoms with E-state index in [-0.39, 0.29) is 12.6 Å².